The maximum Gasteiger partial charge on any atom is 0.287 e. The van der Waals surface area contributed by atoms with Crippen LogP contribution in [0.1, 0.15) is 35.0 Å². The van der Waals surface area contributed by atoms with Gasteiger partial charge in [0, 0.05) is 11.0 Å². The molecule has 9 heteroatoms. The second-order valence-electron chi connectivity index (χ2n) is 7.82. The number of nitrogens with zero attached hydrogens (tertiary/aromatic N) is 1. The molecule has 1 aliphatic rings. The lowest BCUT2D eigenvalue weighted by atomic mass is 10.1. The number of hydrogen-bond donors (Lipinski definition) is 1. The number of nitrogens with one attached hydrogen (secondary N) is 1. The fourth-order valence-corrected chi connectivity index (χ4v) is 5.37. The first kappa shape index (κ1) is 23.5. The molecule has 1 saturated heterocycles. The summed E-state index contributed by atoms with van der Waals surface area (Å²) in [5, 5.41) is 2.65. The smallest absolute Gasteiger partial charge is 0.287 e. The molecule has 1 N–H and O–H groups in total. The molecule has 1 aliphatic heterocycles. The minimum absolute atomic E-state index is 0.00304. The highest BCUT2D eigenvalue weighted by Gasteiger charge is 2.26. The van der Waals surface area contributed by atoms with Crippen LogP contribution < -0.4 is 10.1 Å². The molecule has 0 bridgehead atoms. The Balaban J connectivity index is 1.48. The third-order valence-electron chi connectivity index (χ3n) is 5.73. The number of sulfone groups is 1. The van der Waals surface area contributed by atoms with Gasteiger partial charge in [-0.25, -0.2) is 8.42 Å². The van der Waals surface area contributed by atoms with Crippen LogP contribution in [0.15, 0.2) is 79.5 Å². The summed E-state index contributed by atoms with van der Waals surface area (Å²) < 4.78 is 37.1. The molecule has 1 fully saturated rings. The Hall–Kier alpha value is -2.62. The third-order valence-corrected chi connectivity index (χ3v) is 7.90. The van der Waals surface area contributed by atoms with E-state index >= 15 is 0 Å². The highest BCUT2D eigenvalue weighted by molar-refractivity contribution is 9.10. The lowest BCUT2D eigenvalue weighted by Crippen LogP contribution is -2.36. The average molecular weight is 533 g/mol. The zero-order valence-electron chi connectivity index (χ0n) is 18.2. The molecule has 2 heterocycles. The second kappa shape index (κ2) is 10.1. The van der Waals surface area contributed by atoms with Gasteiger partial charge in [-0.15, -0.1) is 0 Å². The number of carbonyl (C=O) groups is 1. The Morgan fingerprint density at radius 3 is 2.36 bits per heavy atom. The van der Waals surface area contributed by atoms with E-state index in [1.165, 1.54) is 24.3 Å². The number of ether oxygens (including phenoxy) is 1. The summed E-state index contributed by atoms with van der Waals surface area (Å²) in [5.41, 5.74) is 1.08. The van der Waals surface area contributed by atoms with Gasteiger partial charge in [0.25, 0.3) is 5.91 Å². The van der Waals surface area contributed by atoms with Crippen molar-refractivity contribution in [3.05, 3.63) is 76.5 Å². The molecule has 2 aromatic carbocycles. The number of likely N-dealkylation sites (tertiary alicyclic amines) is 1. The fraction of sp³-hybridized carbons (Fsp3) is 0.292. The van der Waals surface area contributed by atoms with Gasteiger partial charge in [0.2, 0.25) is 14.9 Å². The van der Waals surface area contributed by atoms with Gasteiger partial charge in [0.05, 0.1) is 18.0 Å². The molecule has 0 radical (unpaired) electrons. The molecular formula is C24H25BrN2O5S. The van der Waals surface area contributed by atoms with E-state index in [0.29, 0.717) is 6.54 Å². The van der Waals surface area contributed by atoms with Crippen LogP contribution in [0.3, 0.4) is 0 Å². The second-order valence-corrected chi connectivity index (χ2v) is 10.6. The van der Waals surface area contributed by atoms with Crippen molar-refractivity contribution < 1.29 is 22.4 Å². The minimum Gasteiger partial charge on any atom is -0.497 e. The van der Waals surface area contributed by atoms with Crippen LogP contribution in [-0.2, 0) is 9.84 Å². The summed E-state index contributed by atoms with van der Waals surface area (Å²) in [7, 11) is -2.22. The van der Waals surface area contributed by atoms with Gasteiger partial charge in [0.1, 0.15) is 5.75 Å². The van der Waals surface area contributed by atoms with E-state index in [0.717, 1.165) is 41.7 Å². The summed E-state index contributed by atoms with van der Waals surface area (Å²) in [6.45, 7) is 2.30. The molecule has 0 aliphatic carbocycles. The zero-order valence-corrected chi connectivity index (χ0v) is 20.6. The molecule has 1 unspecified atom stereocenters. The highest BCUT2D eigenvalue weighted by Crippen LogP contribution is 2.27. The Kier molecular flexibility index (Phi) is 7.21. The largest absolute Gasteiger partial charge is 0.497 e. The van der Waals surface area contributed by atoms with Crippen molar-refractivity contribution in [2.45, 2.75) is 28.9 Å². The van der Waals surface area contributed by atoms with E-state index in [4.69, 9.17) is 9.15 Å². The van der Waals surface area contributed by atoms with Crippen molar-refractivity contribution in [3.8, 4) is 5.75 Å². The first-order valence-corrected chi connectivity index (χ1v) is 12.9. The van der Waals surface area contributed by atoms with E-state index in [9.17, 15) is 13.2 Å². The van der Waals surface area contributed by atoms with Crippen LogP contribution in [-0.4, -0.2) is 46.0 Å². The van der Waals surface area contributed by atoms with E-state index < -0.39 is 15.7 Å². The molecule has 1 atom stereocenters. The topological polar surface area (TPSA) is 88.8 Å². The molecule has 3 aromatic rings. The van der Waals surface area contributed by atoms with Crippen LogP contribution in [0.2, 0.25) is 0 Å². The number of hydrogen-bond acceptors (Lipinski definition) is 6. The summed E-state index contributed by atoms with van der Waals surface area (Å²) in [4.78, 5) is 15.2. The Bertz CT molecular complexity index is 1200. The number of methoxy groups -OCH3 is 1. The molecule has 4 rings (SSSR count). The van der Waals surface area contributed by atoms with E-state index in [1.54, 1.807) is 19.2 Å². The quantitative estimate of drug-likeness (QED) is 0.461. The maximum atomic E-state index is 12.8. The molecular weight excluding hydrogens is 508 g/mol. The van der Waals surface area contributed by atoms with Crippen molar-refractivity contribution in [2.75, 3.05) is 26.7 Å². The lowest BCUT2D eigenvalue weighted by molar-refractivity contribution is 0.0905. The number of carbonyl (C=O) groups excluding carboxylic acids is 1. The van der Waals surface area contributed by atoms with Gasteiger partial charge in [-0.1, -0.05) is 28.1 Å². The predicted molar refractivity (Wildman–Crippen MR) is 127 cm³/mol. The van der Waals surface area contributed by atoms with Gasteiger partial charge in [-0.3, -0.25) is 9.69 Å². The number of benzene rings is 2. The highest BCUT2D eigenvalue weighted by atomic mass is 79.9. The summed E-state index contributed by atoms with van der Waals surface area (Å²) >= 11 is 3.29. The summed E-state index contributed by atoms with van der Waals surface area (Å²) in [6.07, 6.45) is 2.24. The molecule has 1 amide bonds. The van der Waals surface area contributed by atoms with Gasteiger partial charge < -0.3 is 14.5 Å². The van der Waals surface area contributed by atoms with Crippen LogP contribution in [0.5, 0.6) is 5.75 Å². The predicted octanol–water partition coefficient (Wildman–Crippen LogP) is 4.45. The number of furan rings is 1. The number of halogens is 1. The average Bonchev–Trinajstić information content (AvgIpc) is 3.53. The Morgan fingerprint density at radius 1 is 1.06 bits per heavy atom. The van der Waals surface area contributed by atoms with Crippen molar-refractivity contribution in [1.29, 1.82) is 0 Å². The van der Waals surface area contributed by atoms with Gasteiger partial charge in [-0.05, 0) is 80.0 Å². The van der Waals surface area contributed by atoms with Crippen LogP contribution >= 0.6 is 15.9 Å². The standard InChI is InChI=1S/C24H25BrN2O5S/c1-31-19-8-4-17(5-9-19)21(27-14-2-3-15-27)16-26-24(28)22-12-13-23(32-22)33(29,30)20-10-6-18(25)7-11-20/h4-13,21H,2-3,14-16H2,1H3,(H,26,28). The molecule has 7 nitrogen and oxygen atoms in total. The van der Waals surface area contributed by atoms with E-state index in [1.807, 2.05) is 24.3 Å². The molecule has 174 valence electrons. The summed E-state index contributed by atoms with van der Waals surface area (Å²) in [5.74, 6) is 0.281. The third kappa shape index (κ3) is 5.31. The maximum absolute atomic E-state index is 12.8. The van der Waals surface area contributed by atoms with Crippen molar-refractivity contribution >= 4 is 31.7 Å². The molecule has 0 spiro atoms. The molecule has 1 aromatic heterocycles. The van der Waals surface area contributed by atoms with Crippen molar-refractivity contribution in [3.63, 3.8) is 0 Å². The Labute approximate surface area is 201 Å². The molecule has 33 heavy (non-hydrogen) atoms. The van der Waals surface area contributed by atoms with Crippen LogP contribution in [0, 0.1) is 0 Å². The van der Waals surface area contributed by atoms with Crippen molar-refractivity contribution in [2.24, 2.45) is 0 Å². The first-order valence-electron chi connectivity index (χ1n) is 10.6. The first-order chi connectivity index (χ1) is 15.9. The van der Waals surface area contributed by atoms with E-state index in [-0.39, 0.29) is 21.8 Å². The minimum atomic E-state index is -3.85. The van der Waals surface area contributed by atoms with Crippen LogP contribution in [0.4, 0.5) is 0 Å². The lowest BCUT2D eigenvalue weighted by Gasteiger charge is -2.28. The number of amides is 1. The monoisotopic (exact) mass is 532 g/mol. The SMILES string of the molecule is COc1ccc(C(CNC(=O)c2ccc(S(=O)(=O)c3ccc(Br)cc3)o2)N2CCCC2)cc1. The summed E-state index contributed by atoms with van der Waals surface area (Å²) in [6, 6.07) is 16.8. The number of rotatable bonds is 8. The van der Waals surface area contributed by atoms with Crippen LogP contribution in [0.25, 0.3) is 0 Å². The van der Waals surface area contributed by atoms with E-state index in [2.05, 4.69) is 26.1 Å². The van der Waals surface area contributed by atoms with Gasteiger partial charge in [-0.2, -0.15) is 0 Å². The fourth-order valence-electron chi connectivity index (χ4n) is 3.93. The normalized spacial score (nSPS) is 15.3. The van der Waals surface area contributed by atoms with Gasteiger partial charge >= 0.3 is 0 Å². The Morgan fingerprint density at radius 2 is 1.73 bits per heavy atom. The zero-order chi connectivity index (χ0) is 23.4. The molecule has 0 saturated carbocycles. The van der Waals surface area contributed by atoms with Gasteiger partial charge in [0.15, 0.2) is 5.76 Å². The van der Waals surface area contributed by atoms with Crippen molar-refractivity contribution in [1.82, 2.24) is 10.2 Å².